The Balaban J connectivity index is 1.56. The summed E-state index contributed by atoms with van der Waals surface area (Å²) in [6.07, 6.45) is 14.1. The Bertz CT molecular complexity index is 815. The SMILES string of the molecule is CCCCCC1CC=C(c2ccc(-c3ccc(OC(=O)CCCC)cc3)cc2)CC1. The molecule has 0 aromatic heterocycles. The Labute approximate surface area is 182 Å². The van der Waals surface area contributed by atoms with Gasteiger partial charge in [0.25, 0.3) is 0 Å². The van der Waals surface area contributed by atoms with Crippen LogP contribution >= 0.6 is 0 Å². The molecule has 0 bridgehead atoms. The zero-order chi connectivity index (χ0) is 21.2. The Kier molecular flexibility index (Phi) is 8.74. The van der Waals surface area contributed by atoms with Gasteiger partial charge in [-0.3, -0.25) is 4.79 Å². The Morgan fingerprint density at radius 2 is 1.50 bits per heavy atom. The number of hydrogen-bond donors (Lipinski definition) is 0. The van der Waals surface area contributed by atoms with E-state index in [9.17, 15) is 4.79 Å². The highest BCUT2D eigenvalue weighted by Crippen LogP contribution is 2.33. The van der Waals surface area contributed by atoms with E-state index in [-0.39, 0.29) is 5.97 Å². The maximum Gasteiger partial charge on any atom is 0.311 e. The second-order valence-corrected chi connectivity index (χ2v) is 8.54. The van der Waals surface area contributed by atoms with Crippen LogP contribution in [0.3, 0.4) is 0 Å². The Morgan fingerprint density at radius 1 is 0.867 bits per heavy atom. The van der Waals surface area contributed by atoms with E-state index in [2.05, 4.69) is 44.2 Å². The van der Waals surface area contributed by atoms with Gasteiger partial charge < -0.3 is 4.74 Å². The summed E-state index contributed by atoms with van der Waals surface area (Å²) in [5, 5.41) is 0. The zero-order valence-corrected chi connectivity index (χ0v) is 18.7. The molecule has 2 aromatic rings. The first-order chi connectivity index (χ1) is 14.7. The quantitative estimate of drug-likeness (QED) is 0.226. The van der Waals surface area contributed by atoms with Crippen molar-refractivity contribution in [2.75, 3.05) is 0 Å². The molecule has 2 heteroatoms. The Hall–Kier alpha value is -2.35. The summed E-state index contributed by atoms with van der Waals surface area (Å²) in [6, 6.07) is 16.7. The second kappa shape index (κ2) is 11.7. The predicted molar refractivity (Wildman–Crippen MR) is 126 cm³/mol. The maximum absolute atomic E-state index is 11.8. The number of esters is 1. The van der Waals surface area contributed by atoms with Crippen molar-refractivity contribution in [3.05, 3.63) is 60.2 Å². The third kappa shape index (κ3) is 6.58. The maximum atomic E-state index is 11.8. The molecule has 1 aliphatic carbocycles. The number of unbranched alkanes of at least 4 members (excludes halogenated alkanes) is 3. The van der Waals surface area contributed by atoms with E-state index in [0.29, 0.717) is 12.2 Å². The van der Waals surface area contributed by atoms with E-state index in [4.69, 9.17) is 4.74 Å². The molecule has 1 atom stereocenters. The van der Waals surface area contributed by atoms with E-state index in [0.717, 1.165) is 24.3 Å². The molecule has 0 saturated carbocycles. The molecule has 0 fully saturated rings. The summed E-state index contributed by atoms with van der Waals surface area (Å²) in [5.74, 6) is 1.36. The molecule has 2 aromatic carbocycles. The minimum absolute atomic E-state index is 0.151. The van der Waals surface area contributed by atoms with Gasteiger partial charge in [0.2, 0.25) is 0 Å². The van der Waals surface area contributed by atoms with Gasteiger partial charge in [-0.2, -0.15) is 0 Å². The molecular formula is C28H36O2. The van der Waals surface area contributed by atoms with Crippen molar-refractivity contribution in [1.82, 2.24) is 0 Å². The third-order valence-corrected chi connectivity index (χ3v) is 6.14. The summed E-state index contributed by atoms with van der Waals surface area (Å²) < 4.78 is 5.40. The van der Waals surface area contributed by atoms with Crippen molar-refractivity contribution in [1.29, 1.82) is 0 Å². The van der Waals surface area contributed by atoms with Gasteiger partial charge in [0, 0.05) is 6.42 Å². The number of benzene rings is 2. The lowest BCUT2D eigenvalue weighted by atomic mass is 9.83. The minimum Gasteiger partial charge on any atom is -0.427 e. The van der Waals surface area contributed by atoms with Crippen molar-refractivity contribution in [2.45, 2.75) is 78.1 Å². The predicted octanol–water partition coefficient (Wildman–Crippen LogP) is 8.21. The average molecular weight is 405 g/mol. The zero-order valence-electron chi connectivity index (χ0n) is 18.7. The van der Waals surface area contributed by atoms with Crippen molar-refractivity contribution >= 4 is 11.5 Å². The monoisotopic (exact) mass is 404 g/mol. The highest BCUT2D eigenvalue weighted by atomic mass is 16.5. The number of hydrogen-bond acceptors (Lipinski definition) is 2. The fourth-order valence-electron chi connectivity index (χ4n) is 4.19. The summed E-state index contributed by atoms with van der Waals surface area (Å²) >= 11 is 0. The Morgan fingerprint density at radius 3 is 2.10 bits per heavy atom. The molecule has 3 rings (SSSR count). The van der Waals surface area contributed by atoms with Gasteiger partial charge in [-0.15, -0.1) is 0 Å². The molecule has 0 saturated heterocycles. The molecule has 0 heterocycles. The molecule has 0 N–H and O–H groups in total. The molecule has 2 nitrogen and oxygen atoms in total. The minimum atomic E-state index is -0.151. The van der Waals surface area contributed by atoms with Crippen molar-refractivity contribution in [2.24, 2.45) is 5.92 Å². The second-order valence-electron chi connectivity index (χ2n) is 8.54. The molecule has 160 valence electrons. The molecule has 0 spiro atoms. The first-order valence-electron chi connectivity index (χ1n) is 11.8. The molecule has 1 unspecified atom stereocenters. The number of carbonyl (C=O) groups is 1. The average Bonchev–Trinajstić information content (AvgIpc) is 2.79. The van der Waals surface area contributed by atoms with Crippen LogP contribution in [-0.2, 0) is 4.79 Å². The van der Waals surface area contributed by atoms with Gasteiger partial charge in [0.15, 0.2) is 0 Å². The largest absolute Gasteiger partial charge is 0.427 e. The smallest absolute Gasteiger partial charge is 0.311 e. The van der Waals surface area contributed by atoms with Gasteiger partial charge >= 0.3 is 5.97 Å². The number of allylic oxidation sites excluding steroid dienone is 2. The van der Waals surface area contributed by atoms with E-state index in [1.54, 1.807) is 0 Å². The normalized spacial score (nSPS) is 16.2. The third-order valence-electron chi connectivity index (χ3n) is 6.14. The van der Waals surface area contributed by atoms with E-state index >= 15 is 0 Å². The van der Waals surface area contributed by atoms with Crippen LogP contribution in [0.15, 0.2) is 54.6 Å². The van der Waals surface area contributed by atoms with Crippen molar-refractivity contribution in [3.8, 4) is 16.9 Å². The molecule has 30 heavy (non-hydrogen) atoms. The highest BCUT2D eigenvalue weighted by Gasteiger charge is 2.15. The standard InChI is InChI=1S/C28H36O2/c1-3-5-7-8-22-10-12-23(13-11-22)24-14-16-25(17-15-24)26-18-20-27(21-19-26)30-28(29)9-6-4-2/h12,14-22H,3-11,13H2,1-2H3. The van der Waals surface area contributed by atoms with Crippen molar-refractivity contribution in [3.63, 3.8) is 0 Å². The van der Waals surface area contributed by atoms with Crippen LogP contribution in [0.4, 0.5) is 0 Å². The van der Waals surface area contributed by atoms with Gasteiger partial charge in [-0.05, 0) is 66.0 Å². The van der Waals surface area contributed by atoms with Gasteiger partial charge in [0.1, 0.15) is 5.75 Å². The fourth-order valence-corrected chi connectivity index (χ4v) is 4.19. The van der Waals surface area contributed by atoms with E-state index in [1.165, 1.54) is 61.6 Å². The molecule has 0 radical (unpaired) electrons. The van der Waals surface area contributed by atoms with Crippen LogP contribution in [-0.4, -0.2) is 5.97 Å². The van der Waals surface area contributed by atoms with Gasteiger partial charge in [0.05, 0.1) is 0 Å². The highest BCUT2D eigenvalue weighted by molar-refractivity contribution is 5.73. The molecule has 0 amide bonds. The number of carbonyl (C=O) groups excluding carboxylic acids is 1. The van der Waals surface area contributed by atoms with Crippen molar-refractivity contribution < 1.29 is 9.53 Å². The lowest BCUT2D eigenvalue weighted by Crippen LogP contribution is -2.07. The fraction of sp³-hybridized carbons (Fsp3) is 0.464. The summed E-state index contributed by atoms with van der Waals surface area (Å²) in [4.78, 5) is 11.8. The van der Waals surface area contributed by atoms with Gasteiger partial charge in [-0.1, -0.05) is 88.4 Å². The van der Waals surface area contributed by atoms with E-state index < -0.39 is 0 Å². The van der Waals surface area contributed by atoms with E-state index in [1.807, 2.05) is 24.3 Å². The van der Waals surface area contributed by atoms with Crippen LogP contribution < -0.4 is 4.74 Å². The van der Waals surface area contributed by atoms with Crippen LogP contribution in [0.5, 0.6) is 5.75 Å². The lowest BCUT2D eigenvalue weighted by Gasteiger charge is -2.22. The molecule has 1 aliphatic rings. The summed E-state index contributed by atoms with van der Waals surface area (Å²) in [6.45, 7) is 4.35. The molecule has 0 aliphatic heterocycles. The van der Waals surface area contributed by atoms with Crippen LogP contribution in [0.25, 0.3) is 16.7 Å². The molecular weight excluding hydrogens is 368 g/mol. The van der Waals surface area contributed by atoms with Crippen LogP contribution in [0.1, 0.15) is 83.6 Å². The summed E-state index contributed by atoms with van der Waals surface area (Å²) in [7, 11) is 0. The van der Waals surface area contributed by atoms with Crippen LogP contribution in [0.2, 0.25) is 0 Å². The number of rotatable bonds is 10. The topological polar surface area (TPSA) is 26.3 Å². The van der Waals surface area contributed by atoms with Gasteiger partial charge in [-0.25, -0.2) is 0 Å². The lowest BCUT2D eigenvalue weighted by molar-refractivity contribution is -0.134. The summed E-state index contributed by atoms with van der Waals surface area (Å²) in [5.41, 5.74) is 5.19. The first-order valence-corrected chi connectivity index (χ1v) is 11.8. The first kappa shape index (κ1) is 22.3. The number of ether oxygens (including phenoxy) is 1. The van der Waals surface area contributed by atoms with Crippen LogP contribution in [0, 0.1) is 5.92 Å².